The van der Waals surface area contributed by atoms with Crippen LogP contribution in [0, 0.1) is 6.92 Å². The summed E-state index contributed by atoms with van der Waals surface area (Å²) in [7, 11) is 6.20. The lowest BCUT2D eigenvalue weighted by Crippen LogP contribution is -2.53. The lowest BCUT2D eigenvalue weighted by Gasteiger charge is -2.30. The molecule has 0 saturated carbocycles. The number of benzene rings is 1. The Hall–Kier alpha value is -2.70. The average Bonchev–Trinajstić information content (AvgIpc) is 2.57. The van der Waals surface area contributed by atoms with E-state index in [0.717, 1.165) is 5.56 Å². The third-order valence-electron chi connectivity index (χ3n) is 4.15. The number of methoxy groups -OCH3 is 3. The Morgan fingerprint density at radius 1 is 1.12 bits per heavy atom. The summed E-state index contributed by atoms with van der Waals surface area (Å²) in [5, 5.41) is 2.63. The lowest BCUT2D eigenvalue weighted by molar-refractivity contribution is -0.139. The van der Waals surface area contributed by atoms with Crippen LogP contribution in [-0.2, 0) is 9.59 Å². The lowest BCUT2D eigenvalue weighted by atomic mass is 10.0. The average molecular weight is 334 g/mol. The molecule has 7 heteroatoms. The predicted molar refractivity (Wildman–Crippen MR) is 89.2 cm³/mol. The number of hydrogen-bond acceptors (Lipinski definition) is 5. The van der Waals surface area contributed by atoms with Crippen LogP contribution in [0.5, 0.6) is 17.2 Å². The second-order valence-electron chi connectivity index (χ2n) is 5.50. The summed E-state index contributed by atoms with van der Waals surface area (Å²) in [5.74, 6) is 1.11. The number of carbonyl (C=O) groups is 2. The number of piperazine rings is 1. The first-order valence-corrected chi connectivity index (χ1v) is 7.45. The molecule has 130 valence electrons. The topological polar surface area (TPSA) is 77.1 Å². The first-order valence-electron chi connectivity index (χ1n) is 7.45. The molecule has 2 rings (SSSR count). The van der Waals surface area contributed by atoms with Crippen LogP contribution in [0.25, 0.3) is 6.08 Å². The second kappa shape index (κ2) is 6.82. The molecule has 1 aliphatic rings. The molecule has 1 heterocycles. The van der Waals surface area contributed by atoms with Crippen LogP contribution < -0.4 is 19.5 Å². The van der Waals surface area contributed by atoms with Gasteiger partial charge in [0.05, 0.1) is 21.3 Å². The summed E-state index contributed by atoms with van der Waals surface area (Å²) in [6.07, 6.45) is 1.58. The standard InChI is InChI=1S/C17H22N2O5/c1-9-14(23-5)11(8-13(22-4)15(9)24-6)7-12-17(21)19(3)10(2)16(20)18-12/h7-8,10H,1-6H3,(H,18,20)/b12-7-. The van der Waals surface area contributed by atoms with E-state index >= 15 is 0 Å². The molecule has 7 nitrogen and oxygen atoms in total. The van der Waals surface area contributed by atoms with Gasteiger partial charge in [-0.2, -0.15) is 0 Å². The van der Waals surface area contributed by atoms with Crippen LogP contribution in [0.1, 0.15) is 18.1 Å². The molecule has 1 fully saturated rings. The maximum Gasteiger partial charge on any atom is 0.270 e. The van der Waals surface area contributed by atoms with Crippen LogP contribution in [0.3, 0.4) is 0 Å². The normalized spacial score (nSPS) is 19.3. The van der Waals surface area contributed by atoms with Gasteiger partial charge in [-0.3, -0.25) is 9.59 Å². The first kappa shape index (κ1) is 17.7. The van der Waals surface area contributed by atoms with Crippen molar-refractivity contribution in [2.75, 3.05) is 28.4 Å². The quantitative estimate of drug-likeness (QED) is 0.841. The number of hydrogen-bond donors (Lipinski definition) is 1. The van der Waals surface area contributed by atoms with Crippen LogP contribution in [-0.4, -0.2) is 51.1 Å². The zero-order valence-electron chi connectivity index (χ0n) is 14.7. The van der Waals surface area contributed by atoms with Crippen molar-refractivity contribution in [1.82, 2.24) is 10.2 Å². The van der Waals surface area contributed by atoms with Gasteiger partial charge in [0.25, 0.3) is 5.91 Å². The van der Waals surface area contributed by atoms with Crippen molar-refractivity contribution in [2.45, 2.75) is 19.9 Å². The SMILES string of the molecule is COc1cc(/C=C2\NC(=O)C(C)N(C)C2=O)c(OC)c(C)c1OC. The zero-order chi connectivity index (χ0) is 18.0. The molecule has 0 aliphatic carbocycles. The highest BCUT2D eigenvalue weighted by Crippen LogP contribution is 2.40. The van der Waals surface area contributed by atoms with Gasteiger partial charge < -0.3 is 24.4 Å². The molecule has 1 N–H and O–H groups in total. The van der Waals surface area contributed by atoms with Crippen molar-refractivity contribution < 1.29 is 23.8 Å². The summed E-state index contributed by atoms with van der Waals surface area (Å²) in [5.41, 5.74) is 1.53. The van der Waals surface area contributed by atoms with E-state index in [1.165, 1.54) is 19.1 Å². The number of nitrogens with one attached hydrogen (secondary N) is 1. The molecule has 0 spiro atoms. The molecular formula is C17H22N2O5. The molecule has 1 aromatic rings. The van der Waals surface area contributed by atoms with Crippen LogP contribution in [0.2, 0.25) is 0 Å². The number of rotatable bonds is 4. The summed E-state index contributed by atoms with van der Waals surface area (Å²) in [6, 6.07) is 1.19. The largest absolute Gasteiger partial charge is 0.496 e. The Bertz CT molecular complexity index is 711. The summed E-state index contributed by atoms with van der Waals surface area (Å²) in [6.45, 7) is 3.50. The van der Waals surface area contributed by atoms with Crippen LogP contribution in [0.15, 0.2) is 11.8 Å². The zero-order valence-corrected chi connectivity index (χ0v) is 14.7. The minimum absolute atomic E-state index is 0.186. The van der Waals surface area contributed by atoms with Crippen molar-refractivity contribution in [3.63, 3.8) is 0 Å². The van der Waals surface area contributed by atoms with E-state index in [1.807, 2.05) is 6.92 Å². The van der Waals surface area contributed by atoms with Gasteiger partial charge in [0.15, 0.2) is 11.5 Å². The highest BCUT2D eigenvalue weighted by Gasteiger charge is 2.32. The fourth-order valence-electron chi connectivity index (χ4n) is 2.65. The van der Waals surface area contributed by atoms with E-state index in [0.29, 0.717) is 22.8 Å². The maximum atomic E-state index is 12.4. The van der Waals surface area contributed by atoms with Crippen molar-refractivity contribution in [3.05, 3.63) is 22.9 Å². The smallest absolute Gasteiger partial charge is 0.270 e. The fourth-order valence-corrected chi connectivity index (χ4v) is 2.65. The highest BCUT2D eigenvalue weighted by molar-refractivity contribution is 6.07. The second-order valence-corrected chi connectivity index (χ2v) is 5.50. The third kappa shape index (κ3) is 2.89. The van der Waals surface area contributed by atoms with Gasteiger partial charge in [-0.1, -0.05) is 0 Å². The van der Waals surface area contributed by atoms with Crippen LogP contribution >= 0.6 is 0 Å². The molecule has 1 aromatic carbocycles. The van der Waals surface area contributed by atoms with Crippen molar-refractivity contribution >= 4 is 17.9 Å². The minimum Gasteiger partial charge on any atom is -0.496 e. The van der Waals surface area contributed by atoms with Crippen molar-refractivity contribution in [3.8, 4) is 17.2 Å². The minimum atomic E-state index is -0.510. The van der Waals surface area contributed by atoms with Crippen molar-refractivity contribution in [2.24, 2.45) is 0 Å². The number of nitrogens with zero attached hydrogens (tertiary/aromatic N) is 1. The fraction of sp³-hybridized carbons (Fsp3) is 0.412. The van der Waals surface area contributed by atoms with E-state index in [-0.39, 0.29) is 17.5 Å². The predicted octanol–water partition coefficient (Wildman–Crippen LogP) is 1.34. The molecule has 0 radical (unpaired) electrons. The number of amides is 2. The van der Waals surface area contributed by atoms with Gasteiger partial charge in [0.2, 0.25) is 5.91 Å². The van der Waals surface area contributed by atoms with Gasteiger partial charge in [-0.25, -0.2) is 0 Å². The molecule has 1 aliphatic heterocycles. The summed E-state index contributed by atoms with van der Waals surface area (Å²) in [4.78, 5) is 25.8. The first-order chi connectivity index (χ1) is 11.3. The Morgan fingerprint density at radius 2 is 1.75 bits per heavy atom. The maximum absolute atomic E-state index is 12.4. The molecular weight excluding hydrogens is 312 g/mol. The molecule has 1 unspecified atom stereocenters. The van der Waals surface area contributed by atoms with Gasteiger partial charge in [0.1, 0.15) is 17.5 Å². The summed E-state index contributed by atoms with van der Waals surface area (Å²) >= 11 is 0. The molecule has 2 amide bonds. The Balaban J connectivity index is 2.58. The molecule has 0 bridgehead atoms. The third-order valence-corrected chi connectivity index (χ3v) is 4.15. The Labute approximate surface area is 141 Å². The number of ether oxygens (including phenoxy) is 3. The van der Waals surface area contributed by atoms with Gasteiger partial charge in [-0.15, -0.1) is 0 Å². The molecule has 0 aromatic heterocycles. The van der Waals surface area contributed by atoms with E-state index in [9.17, 15) is 9.59 Å². The monoisotopic (exact) mass is 334 g/mol. The van der Waals surface area contributed by atoms with Crippen LogP contribution in [0.4, 0.5) is 0 Å². The summed E-state index contributed by atoms with van der Waals surface area (Å²) < 4.78 is 16.1. The van der Waals surface area contributed by atoms with Gasteiger partial charge >= 0.3 is 0 Å². The number of carbonyl (C=O) groups excluding carboxylic acids is 2. The molecule has 24 heavy (non-hydrogen) atoms. The van der Waals surface area contributed by atoms with Crippen molar-refractivity contribution in [1.29, 1.82) is 0 Å². The highest BCUT2D eigenvalue weighted by atomic mass is 16.5. The van der Waals surface area contributed by atoms with Gasteiger partial charge in [-0.05, 0) is 26.0 Å². The van der Waals surface area contributed by atoms with Gasteiger partial charge in [0, 0.05) is 18.2 Å². The Morgan fingerprint density at radius 3 is 2.29 bits per heavy atom. The number of likely N-dealkylation sites (N-methyl/N-ethyl adjacent to an activating group) is 1. The Kier molecular flexibility index (Phi) is 5.02. The van der Waals surface area contributed by atoms with E-state index in [2.05, 4.69) is 5.32 Å². The van der Waals surface area contributed by atoms with E-state index < -0.39 is 6.04 Å². The van der Waals surface area contributed by atoms with E-state index in [1.54, 1.807) is 33.2 Å². The molecule has 1 saturated heterocycles. The van der Waals surface area contributed by atoms with E-state index in [4.69, 9.17) is 14.2 Å². The molecule has 1 atom stereocenters.